The van der Waals surface area contributed by atoms with Crippen LogP contribution in [0.25, 0.3) is 0 Å². The van der Waals surface area contributed by atoms with Gasteiger partial charge in [0.1, 0.15) is 5.84 Å². The van der Waals surface area contributed by atoms with E-state index >= 15 is 0 Å². The number of halogens is 1. The average molecular weight is 263 g/mol. The van der Waals surface area contributed by atoms with Crippen molar-refractivity contribution in [1.29, 1.82) is 0 Å². The monoisotopic (exact) mass is 262 g/mol. The van der Waals surface area contributed by atoms with Crippen LogP contribution in [0.5, 0.6) is 0 Å². The molecule has 0 radical (unpaired) electrons. The lowest BCUT2D eigenvalue weighted by Crippen LogP contribution is -2.18. The van der Waals surface area contributed by atoms with E-state index in [1.54, 1.807) is 12.1 Å². The Kier molecular flexibility index (Phi) is 4.14. The summed E-state index contributed by atoms with van der Waals surface area (Å²) < 4.78 is 23.6. The minimum Gasteiger partial charge on any atom is -0.409 e. The molecule has 3 N–H and O–H groups in total. The zero-order valence-electron chi connectivity index (χ0n) is 8.30. The summed E-state index contributed by atoms with van der Waals surface area (Å²) in [6, 6.07) is 6.15. The number of rotatable bonds is 4. The van der Waals surface area contributed by atoms with Crippen molar-refractivity contribution < 1.29 is 13.6 Å². The maximum Gasteiger partial charge on any atom is 0.180 e. The number of hydrogen-bond donors (Lipinski definition) is 2. The number of nitrogens with two attached hydrogens (primary N) is 1. The summed E-state index contributed by atoms with van der Waals surface area (Å²) in [6.07, 6.45) is -0.0376. The van der Waals surface area contributed by atoms with Crippen molar-refractivity contribution >= 4 is 27.3 Å². The largest absolute Gasteiger partial charge is 0.409 e. The van der Waals surface area contributed by atoms with Crippen LogP contribution in [0.2, 0.25) is 5.02 Å². The topological polar surface area (TPSA) is 92.8 Å². The first kappa shape index (κ1) is 12.8. The van der Waals surface area contributed by atoms with Crippen molar-refractivity contribution in [2.45, 2.75) is 11.3 Å². The molecule has 0 saturated carbocycles. The molecule has 1 aromatic rings. The number of benzene rings is 1. The molecule has 0 saturated heterocycles. The van der Waals surface area contributed by atoms with Crippen LogP contribution in [-0.2, 0) is 9.84 Å². The number of oxime groups is 1. The molecule has 16 heavy (non-hydrogen) atoms. The van der Waals surface area contributed by atoms with Gasteiger partial charge in [-0.15, -0.1) is 0 Å². The van der Waals surface area contributed by atoms with Crippen LogP contribution < -0.4 is 5.73 Å². The summed E-state index contributed by atoms with van der Waals surface area (Å²) in [6.45, 7) is 0. The predicted molar refractivity (Wildman–Crippen MR) is 61.5 cm³/mol. The molecule has 1 rings (SSSR count). The zero-order valence-corrected chi connectivity index (χ0v) is 9.87. The van der Waals surface area contributed by atoms with Gasteiger partial charge < -0.3 is 10.9 Å². The summed E-state index contributed by atoms with van der Waals surface area (Å²) in [5.74, 6) is -0.372. The Bertz CT molecular complexity index is 499. The molecule has 88 valence electrons. The van der Waals surface area contributed by atoms with E-state index in [1.165, 1.54) is 12.1 Å². The molecule has 7 heteroatoms. The van der Waals surface area contributed by atoms with Crippen LogP contribution in [0, 0.1) is 0 Å². The fourth-order valence-corrected chi connectivity index (χ4v) is 2.93. The third-order valence-corrected chi connectivity index (χ3v) is 4.14. The van der Waals surface area contributed by atoms with Gasteiger partial charge in [0.15, 0.2) is 9.84 Å². The minimum absolute atomic E-state index is 0.0376. The van der Waals surface area contributed by atoms with Crippen LogP contribution >= 0.6 is 11.6 Å². The second-order valence-corrected chi connectivity index (χ2v) is 5.58. The van der Waals surface area contributed by atoms with Crippen LogP contribution in [0.15, 0.2) is 34.3 Å². The summed E-state index contributed by atoms with van der Waals surface area (Å²) >= 11 is 5.77. The van der Waals surface area contributed by atoms with Crippen molar-refractivity contribution in [1.82, 2.24) is 0 Å². The van der Waals surface area contributed by atoms with Crippen molar-refractivity contribution in [3.63, 3.8) is 0 Å². The van der Waals surface area contributed by atoms with E-state index in [4.69, 9.17) is 22.5 Å². The van der Waals surface area contributed by atoms with Gasteiger partial charge in [-0.05, 0) is 12.1 Å². The molecular formula is C9H11ClN2O3S. The second-order valence-electron chi connectivity index (χ2n) is 3.09. The average Bonchev–Trinajstić information content (AvgIpc) is 2.26. The van der Waals surface area contributed by atoms with E-state index in [9.17, 15) is 8.42 Å². The lowest BCUT2D eigenvalue weighted by atomic mass is 10.4. The molecule has 0 aromatic heterocycles. The summed E-state index contributed by atoms with van der Waals surface area (Å²) in [7, 11) is -3.50. The molecule has 0 aliphatic rings. The molecule has 1 aromatic carbocycles. The number of amidine groups is 1. The maximum atomic E-state index is 11.8. The molecule has 0 heterocycles. The highest BCUT2D eigenvalue weighted by Gasteiger charge is 2.17. The van der Waals surface area contributed by atoms with Gasteiger partial charge in [0, 0.05) is 6.42 Å². The third kappa shape index (κ3) is 3.11. The van der Waals surface area contributed by atoms with Crippen molar-refractivity contribution in [2.24, 2.45) is 10.9 Å². The van der Waals surface area contributed by atoms with Crippen LogP contribution in [0.3, 0.4) is 0 Å². The van der Waals surface area contributed by atoms with Gasteiger partial charge >= 0.3 is 0 Å². The van der Waals surface area contributed by atoms with E-state index < -0.39 is 9.84 Å². The summed E-state index contributed by atoms with van der Waals surface area (Å²) in [5, 5.41) is 11.2. The molecule has 0 fully saturated rings. The molecule has 0 atom stereocenters. The molecule has 0 unspecified atom stereocenters. The molecule has 5 nitrogen and oxygen atoms in total. The predicted octanol–water partition coefficient (Wildman–Crippen LogP) is 1.25. The Hall–Kier alpha value is -1.27. The quantitative estimate of drug-likeness (QED) is 0.370. The van der Waals surface area contributed by atoms with Crippen molar-refractivity contribution in [3.8, 4) is 0 Å². The van der Waals surface area contributed by atoms with E-state index in [0.717, 1.165) is 0 Å². The van der Waals surface area contributed by atoms with Gasteiger partial charge in [-0.1, -0.05) is 28.9 Å². The second kappa shape index (κ2) is 5.18. The normalized spacial score (nSPS) is 12.7. The highest BCUT2D eigenvalue weighted by Crippen LogP contribution is 2.21. The molecule has 0 spiro atoms. The Morgan fingerprint density at radius 3 is 2.62 bits per heavy atom. The van der Waals surface area contributed by atoms with Gasteiger partial charge in [-0.25, -0.2) is 8.42 Å². The fourth-order valence-electron chi connectivity index (χ4n) is 1.10. The van der Waals surface area contributed by atoms with Gasteiger partial charge in [0.25, 0.3) is 0 Å². The van der Waals surface area contributed by atoms with Crippen LogP contribution in [0.1, 0.15) is 6.42 Å². The van der Waals surface area contributed by atoms with Gasteiger partial charge in [-0.2, -0.15) is 0 Å². The number of sulfone groups is 1. The molecule has 0 amide bonds. The van der Waals surface area contributed by atoms with Crippen molar-refractivity contribution in [2.75, 3.05) is 5.75 Å². The summed E-state index contributed by atoms with van der Waals surface area (Å²) in [5.41, 5.74) is 5.20. The standard InChI is InChI=1S/C9H11ClN2O3S/c10-7-3-1-2-4-8(7)16(14,15)6-5-9(11)12-13/h1-4,13H,5-6H2,(H2,11,12). The van der Waals surface area contributed by atoms with Gasteiger partial charge in [0.05, 0.1) is 15.7 Å². The Labute approximate surface area is 98.4 Å². The van der Waals surface area contributed by atoms with E-state index in [1.807, 2.05) is 0 Å². The minimum atomic E-state index is -3.50. The van der Waals surface area contributed by atoms with Crippen LogP contribution in [0.4, 0.5) is 0 Å². The highest BCUT2D eigenvalue weighted by molar-refractivity contribution is 7.91. The van der Waals surface area contributed by atoms with E-state index in [0.29, 0.717) is 0 Å². The fraction of sp³-hybridized carbons (Fsp3) is 0.222. The SMILES string of the molecule is NC(CCS(=O)(=O)c1ccccc1Cl)=NO. The first-order valence-electron chi connectivity index (χ1n) is 4.41. The molecule has 0 aliphatic heterocycles. The molecule has 0 aliphatic carbocycles. The molecular weight excluding hydrogens is 252 g/mol. The lowest BCUT2D eigenvalue weighted by molar-refractivity contribution is 0.317. The van der Waals surface area contributed by atoms with E-state index in [-0.39, 0.29) is 27.9 Å². The van der Waals surface area contributed by atoms with E-state index in [2.05, 4.69) is 5.16 Å². The number of hydrogen-bond acceptors (Lipinski definition) is 4. The first-order valence-corrected chi connectivity index (χ1v) is 6.44. The third-order valence-electron chi connectivity index (χ3n) is 1.93. The first-order chi connectivity index (χ1) is 7.47. The Balaban J connectivity index is 2.91. The lowest BCUT2D eigenvalue weighted by Gasteiger charge is -2.05. The number of nitrogens with zero attached hydrogens (tertiary/aromatic N) is 1. The Morgan fingerprint density at radius 1 is 1.44 bits per heavy atom. The summed E-state index contributed by atoms with van der Waals surface area (Å²) in [4.78, 5) is 0.0578. The van der Waals surface area contributed by atoms with Crippen LogP contribution in [-0.4, -0.2) is 25.2 Å². The van der Waals surface area contributed by atoms with Crippen molar-refractivity contribution in [3.05, 3.63) is 29.3 Å². The zero-order chi connectivity index (χ0) is 12.2. The Morgan fingerprint density at radius 2 is 2.06 bits per heavy atom. The molecule has 0 bridgehead atoms. The maximum absolute atomic E-state index is 11.8. The van der Waals surface area contributed by atoms with Gasteiger partial charge in [-0.3, -0.25) is 0 Å². The smallest absolute Gasteiger partial charge is 0.180 e. The van der Waals surface area contributed by atoms with Gasteiger partial charge in [0.2, 0.25) is 0 Å². The highest BCUT2D eigenvalue weighted by atomic mass is 35.5.